The summed E-state index contributed by atoms with van der Waals surface area (Å²) in [6.45, 7) is 1.61. The van der Waals surface area contributed by atoms with E-state index in [4.69, 9.17) is 0 Å². The monoisotopic (exact) mass is 199 g/mol. The molecule has 1 rings (SSSR count). The Morgan fingerprint density at radius 3 is 2.36 bits per heavy atom. The minimum atomic E-state index is -1.59. The first-order chi connectivity index (χ1) is 6.50. The molecule has 0 spiro atoms. The molecule has 1 fully saturated rings. The normalized spacial score (nSPS) is 21.7. The topological polar surface area (TPSA) is 80.8 Å². The summed E-state index contributed by atoms with van der Waals surface area (Å²) < 4.78 is 4.50. The predicted molar refractivity (Wildman–Crippen MR) is 42.9 cm³/mol. The van der Waals surface area contributed by atoms with E-state index in [0.29, 0.717) is 4.90 Å². The first-order valence-electron chi connectivity index (χ1n) is 4.03. The van der Waals surface area contributed by atoms with Gasteiger partial charge in [0.2, 0.25) is 11.7 Å². The van der Waals surface area contributed by atoms with Gasteiger partial charge in [-0.3, -0.25) is 24.1 Å². The summed E-state index contributed by atoms with van der Waals surface area (Å²) >= 11 is 0. The van der Waals surface area contributed by atoms with Gasteiger partial charge in [0.1, 0.15) is 0 Å². The molecule has 1 heterocycles. The van der Waals surface area contributed by atoms with Gasteiger partial charge in [0.15, 0.2) is 0 Å². The second-order valence-corrected chi connectivity index (χ2v) is 2.75. The summed E-state index contributed by atoms with van der Waals surface area (Å²) in [4.78, 5) is 45.1. The number of nitrogens with zero attached hydrogens (tertiary/aromatic N) is 1. The van der Waals surface area contributed by atoms with Crippen LogP contribution < -0.4 is 0 Å². The Bertz CT molecular complexity index is 322. The lowest BCUT2D eigenvalue weighted by molar-refractivity contribution is -0.154. The second-order valence-electron chi connectivity index (χ2n) is 2.75. The van der Waals surface area contributed by atoms with E-state index in [1.54, 1.807) is 6.92 Å². The summed E-state index contributed by atoms with van der Waals surface area (Å²) in [5.41, 5.74) is 0. The fourth-order valence-corrected chi connectivity index (χ4v) is 1.13. The van der Waals surface area contributed by atoms with Crippen molar-refractivity contribution in [2.75, 3.05) is 13.7 Å². The van der Waals surface area contributed by atoms with Gasteiger partial charge in [0.05, 0.1) is 6.61 Å². The van der Waals surface area contributed by atoms with Gasteiger partial charge < -0.3 is 4.74 Å². The molecule has 2 amide bonds. The lowest BCUT2D eigenvalue weighted by atomic mass is 10.1. The molecule has 1 unspecified atom stereocenters. The van der Waals surface area contributed by atoms with E-state index in [-0.39, 0.29) is 6.61 Å². The highest BCUT2D eigenvalue weighted by atomic mass is 16.5. The molecule has 1 aliphatic heterocycles. The van der Waals surface area contributed by atoms with Crippen molar-refractivity contribution in [2.24, 2.45) is 5.92 Å². The number of imide groups is 1. The third-order valence-corrected chi connectivity index (χ3v) is 1.88. The smallest absolute Gasteiger partial charge is 0.326 e. The number of hydrogen-bond acceptors (Lipinski definition) is 5. The van der Waals surface area contributed by atoms with Crippen LogP contribution in [0.25, 0.3) is 0 Å². The SMILES string of the molecule is CCOC(=O)C1C(=O)C(=O)N(C)C1=O. The van der Waals surface area contributed by atoms with Crippen LogP contribution in [0, 0.1) is 5.92 Å². The average Bonchev–Trinajstić information content (AvgIpc) is 2.32. The van der Waals surface area contributed by atoms with Gasteiger partial charge in [0, 0.05) is 7.05 Å². The molecule has 0 radical (unpaired) electrons. The maximum absolute atomic E-state index is 11.2. The first kappa shape index (κ1) is 10.4. The number of Topliss-reactive ketones (excluding diaryl/α,β-unsaturated/α-hetero) is 1. The summed E-state index contributed by atoms with van der Waals surface area (Å²) in [5, 5.41) is 0. The third kappa shape index (κ3) is 1.39. The standard InChI is InChI=1S/C8H9NO5/c1-3-14-8(13)4-5(10)7(12)9(2)6(4)11/h4H,3H2,1-2H3. The van der Waals surface area contributed by atoms with Crippen LogP contribution in [0.15, 0.2) is 0 Å². The van der Waals surface area contributed by atoms with Crippen molar-refractivity contribution in [1.29, 1.82) is 0 Å². The van der Waals surface area contributed by atoms with E-state index >= 15 is 0 Å². The van der Waals surface area contributed by atoms with Gasteiger partial charge in [-0.15, -0.1) is 0 Å². The van der Waals surface area contributed by atoms with Crippen LogP contribution in [0.1, 0.15) is 6.92 Å². The molecule has 6 heteroatoms. The van der Waals surface area contributed by atoms with Crippen LogP contribution in [0.4, 0.5) is 0 Å². The number of esters is 1. The third-order valence-electron chi connectivity index (χ3n) is 1.88. The molecule has 1 atom stereocenters. The van der Waals surface area contributed by atoms with Crippen LogP contribution in [-0.2, 0) is 23.9 Å². The van der Waals surface area contributed by atoms with Gasteiger partial charge in [-0.25, -0.2) is 0 Å². The highest BCUT2D eigenvalue weighted by Crippen LogP contribution is 2.15. The van der Waals surface area contributed by atoms with E-state index in [2.05, 4.69) is 4.74 Å². The zero-order valence-electron chi connectivity index (χ0n) is 7.77. The summed E-state index contributed by atoms with van der Waals surface area (Å²) in [7, 11) is 1.15. The number of carbonyl (C=O) groups excluding carboxylic acids is 4. The van der Waals surface area contributed by atoms with Crippen LogP contribution in [-0.4, -0.2) is 42.1 Å². The van der Waals surface area contributed by atoms with Gasteiger partial charge in [-0.1, -0.05) is 0 Å². The van der Waals surface area contributed by atoms with Crippen LogP contribution in [0.3, 0.4) is 0 Å². The molecule has 0 bridgehead atoms. The fraction of sp³-hybridized carbons (Fsp3) is 0.500. The molecule has 1 aliphatic rings. The lowest BCUT2D eigenvalue weighted by Crippen LogP contribution is -2.30. The molecule has 0 aromatic carbocycles. The van der Waals surface area contributed by atoms with E-state index in [0.717, 1.165) is 7.05 Å². The van der Waals surface area contributed by atoms with Crippen LogP contribution in [0.2, 0.25) is 0 Å². The van der Waals surface area contributed by atoms with Crippen molar-refractivity contribution in [3.05, 3.63) is 0 Å². The molecule has 0 aromatic heterocycles. The Morgan fingerprint density at radius 2 is 2.00 bits per heavy atom. The zero-order chi connectivity index (χ0) is 10.9. The molecule has 14 heavy (non-hydrogen) atoms. The maximum atomic E-state index is 11.2. The van der Waals surface area contributed by atoms with Gasteiger partial charge in [-0.2, -0.15) is 0 Å². The largest absolute Gasteiger partial charge is 0.465 e. The number of amides is 2. The van der Waals surface area contributed by atoms with Gasteiger partial charge in [0.25, 0.3) is 11.8 Å². The van der Waals surface area contributed by atoms with E-state index in [1.807, 2.05) is 0 Å². The highest BCUT2D eigenvalue weighted by Gasteiger charge is 2.50. The summed E-state index contributed by atoms with van der Waals surface area (Å²) in [6, 6.07) is 0. The summed E-state index contributed by atoms with van der Waals surface area (Å²) in [6.07, 6.45) is 0. The fourth-order valence-electron chi connectivity index (χ4n) is 1.13. The molecule has 0 saturated carbocycles. The van der Waals surface area contributed by atoms with Crippen LogP contribution >= 0.6 is 0 Å². The van der Waals surface area contributed by atoms with Gasteiger partial charge >= 0.3 is 5.97 Å². The number of ketones is 1. The Hall–Kier alpha value is -1.72. The Kier molecular flexibility index (Phi) is 2.64. The van der Waals surface area contributed by atoms with Crippen molar-refractivity contribution >= 4 is 23.6 Å². The number of likely N-dealkylation sites (tertiary alicyclic amines) is 1. The molecule has 1 saturated heterocycles. The molecule has 6 nitrogen and oxygen atoms in total. The lowest BCUT2D eigenvalue weighted by Gasteiger charge is -2.05. The van der Waals surface area contributed by atoms with E-state index in [9.17, 15) is 19.2 Å². The van der Waals surface area contributed by atoms with E-state index in [1.165, 1.54) is 0 Å². The van der Waals surface area contributed by atoms with Crippen molar-refractivity contribution in [3.8, 4) is 0 Å². The first-order valence-corrected chi connectivity index (χ1v) is 4.03. The molecule has 0 aromatic rings. The number of likely N-dealkylation sites (N-methyl/N-ethyl adjacent to an activating group) is 1. The zero-order valence-corrected chi connectivity index (χ0v) is 7.77. The quantitative estimate of drug-likeness (QED) is 0.240. The van der Waals surface area contributed by atoms with Crippen molar-refractivity contribution < 1.29 is 23.9 Å². The Morgan fingerprint density at radius 1 is 1.43 bits per heavy atom. The minimum Gasteiger partial charge on any atom is -0.465 e. The molecule has 76 valence electrons. The Balaban J connectivity index is 2.90. The number of carbonyl (C=O) groups is 4. The number of ether oxygens (including phenoxy) is 1. The van der Waals surface area contributed by atoms with Gasteiger partial charge in [-0.05, 0) is 6.92 Å². The Labute approximate surface area is 79.8 Å². The number of hydrogen-bond donors (Lipinski definition) is 0. The molecular weight excluding hydrogens is 190 g/mol. The predicted octanol–water partition coefficient (Wildman–Crippen LogP) is -1.27. The molecule has 0 aliphatic carbocycles. The summed E-state index contributed by atoms with van der Waals surface area (Å²) in [5.74, 6) is -5.35. The minimum absolute atomic E-state index is 0.0633. The van der Waals surface area contributed by atoms with Crippen molar-refractivity contribution in [1.82, 2.24) is 4.90 Å². The van der Waals surface area contributed by atoms with Crippen molar-refractivity contribution in [2.45, 2.75) is 6.92 Å². The van der Waals surface area contributed by atoms with Crippen LogP contribution in [0.5, 0.6) is 0 Å². The highest BCUT2D eigenvalue weighted by molar-refractivity contribution is 6.51. The number of rotatable bonds is 2. The average molecular weight is 199 g/mol. The molecule has 0 N–H and O–H groups in total. The van der Waals surface area contributed by atoms with Crippen molar-refractivity contribution in [3.63, 3.8) is 0 Å². The maximum Gasteiger partial charge on any atom is 0.326 e. The molecular formula is C8H9NO5. The van der Waals surface area contributed by atoms with E-state index < -0.39 is 29.5 Å². The second kappa shape index (κ2) is 3.57.